The summed E-state index contributed by atoms with van der Waals surface area (Å²) in [6, 6.07) is 6.47. The normalized spacial score (nSPS) is 18.9. The molecule has 0 bridgehead atoms. The Hall–Kier alpha value is -1.62. The molecule has 5 heteroatoms. The first-order valence-corrected chi connectivity index (χ1v) is 8.12. The number of carbonyl (C=O) groups is 1. The number of hydrogen-bond donors (Lipinski definition) is 2. The summed E-state index contributed by atoms with van der Waals surface area (Å²) in [5.41, 5.74) is 0.630. The highest BCUT2D eigenvalue weighted by molar-refractivity contribution is 5.73. The molecule has 0 aromatic heterocycles. The summed E-state index contributed by atoms with van der Waals surface area (Å²) < 4.78 is 13.4. The molecular formula is C17H26FN3O. The van der Waals surface area contributed by atoms with Crippen molar-refractivity contribution in [3.8, 4) is 0 Å². The predicted octanol–water partition coefficient (Wildman–Crippen LogP) is 2.40. The van der Waals surface area contributed by atoms with E-state index in [1.54, 1.807) is 18.2 Å². The van der Waals surface area contributed by atoms with Crippen molar-refractivity contribution in [1.82, 2.24) is 15.5 Å². The van der Waals surface area contributed by atoms with E-state index < -0.39 is 0 Å². The highest BCUT2D eigenvalue weighted by Gasteiger charge is 2.15. The van der Waals surface area contributed by atoms with Crippen molar-refractivity contribution in [2.45, 2.75) is 26.2 Å². The highest BCUT2D eigenvalue weighted by atomic mass is 19.1. The molecule has 1 aromatic rings. The molecule has 122 valence electrons. The third-order valence-corrected chi connectivity index (χ3v) is 4.09. The van der Waals surface area contributed by atoms with E-state index in [1.807, 2.05) is 0 Å². The second kappa shape index (κ2) is 8.73. The molecule has 1 atom stereocenters. The molecule has 1 fully saturated rings. The standard InChI is InChI=1S/C17H26FN3O/c1-14-5-4-11-21(13-14)12-10-20-17(22)19-9-8-15-6-2-3-7-16(15)18/h2-3,6-7,14H,4-5,8-13H2,1H3,(H2,19,20,22). The van der Waals surface area contributed by atoms with Gasteiger partial charge < -0.3 is 15.5 Å². The average Bonchev–Trinajstić information content (AvgIpc) is 2.49. The van der Waals surface area contributed by atoms with Crippen LogP contribution in [0, 0.1) is 11.7 Å². The van der Waals surface area contributed by atoms with Crippen molar-refractivity contribution in [2.24, 2.45) is 5.92 Å². The van der Waals surface area contributed by atoms with Crippen molar-refractivity contribution >= 4 is 6.03 Å². The zero-order valence-corrected chi connectivity index (χ0v) is 13.3. The molecule has 1 saturated heterocycles. The van der Waals surface area contributed by atoms with E-state index in [4.69, 9.17) is 0 Å². The number of halogens is 1. The fraction of sp³-hybridized carbons (Fsp3) is 0.588. The maximum absolute atomic E-state index is 13.4. The first-order chi connectivity index (χ1) is 10.6. The van der Waals surface area contributed by atoms with Gasteiger partial charge in [0.25, 0.3) is 0 Å². The van der Waals surface area contributed by atoms with E-state index in [0.29, 0.717) is 25.1 Å². The predicted molar refractivity (Wildman–Crippen MR) is 86.3 cm³/mol. The fourth-order valence-corrected chi connectivity index (χ4v) is 2.89. The molecule has 0 saturated carbocycles. The molecule has 1 unspecified atom stereocenters. The molecule has 2 N–H and O–H groups in total. The summed E-state index contributed by atoms with van der Waals surface area (Å²) >= 11 is 0. The molecule has 1 aromatic carbocycles. The molecule has 0 aliphatic carbocycles. The van der Waals surface area contributed by atoms with Crippen molar-refractivity contribution in [1.29, 1.82) is 0 Å². The average molecular weight is 307 g/mol. The molecule has 0 radical (unpaired) electrons. The van der Waals surface area contributed by atoms with Crippen LogP contribution in [0.15, 0.2) is 24.3 Å². The number of benzene rings is 1. The summed E-state index contributed by atoms with van der Waals surface area (Å²) in [6.07, 6.45) is 3.06. The van der Waals surface area contributed by atoms with E-state index in [2.05, 4.69) is 22.5 Å². The number of hydrogen-bond acceptors (Lipinski definition) is 2. The number of piperidine rings is 1. The minimum atomic E-state index is -0.219. The number of nitrogens with zero attached hydrogens (tertiary/aromatic N) is 1. The largest absolute Gasteiger partial charge is 0.338 e. The minimum absolute atomic E-state index is 0.179. The fourth-order valence-electron chi connectivity index (χ4n) is 2.89. The lowest BCUT2D eigenvalue weighted by Crippen LogP contribution is -2.43. The minimum Gasteiger partial charge on any atom is -0.338 e. The van der Waals surface area contributed by atoms with Crippen molar-refractivity contribution in [3.05, 3.63) is 35.6 Å². The van der Waals surface area contributed by atoms with Gasteiger partial charge >= 0.3 is 6.03 Å². The number of carbonyl (C=O) groups excluding carboxylic acids is 1. The molecular weight excluding hydrogens is 281 g/mol. The Labute approximate surface area is 132 Å². The van der Waals surface area contributed by atoms with Crippen LogP contribution in [0.2, 0.25) is 0 Å². The summed E-state index contributed by atoms with van der Waals surface area (Å²) in [5.74, 6) is 0.535. The van der Waals surface area contributed by atoms with Crippen molar-refractivity contribution < 1.29 is 9.18 Å². The van der Waals surface area contributed by atoms with Crippen molar-refractivity contribution in [3.63, 3.8) is 0 Å². The van der Waals surface area contributed by atoms with Crippen LogP contribution in [-0.2, 0) is 6.42 Å². The van der Waals surface area contributed by atoms with Crippen LogP contribution in [0.1, 0.15) is 25.3 Å². The number of amides is 2. The van der Waals surface area contributed by atoms with Gasteiger partial charge in [0.2, 0.25) is 0 Å². The Balaban J connectivity index is 1.57. The SMILES string of the molecule is CC1CCCN(CCNC(=O)NCCc2ccccc2F)C1. The number of urea groups is 1. The molecule has 2 rings (SSSR count). The van der Waals surface area contributed by atoms with Crippen LogP contribution < -0.4 is 10.6 Å². The van der Waals surface area contributed by atoms with E-state index in [-0.39, 0.29) is 11.8 Å². The number of nitrogens with one attached hydrogen (secondary N) is 2. The van der Waals surface area contributed by atoms with E-state index in [9.17, 15) is 9.18 Å². The molecule has 1 aliphatic heterocycles. The van der Waals surface area contributed by atoms with Gasteiger partial charge in [0.05, 0.1) is 0 Å². The zero-order valence-electron chi connectivity index (χ0n) is 13.3. The summed E-state index contributed by atoms with van der Waals surface area (Å²) in [7, 11) is 0. The molecule has 2 amide bonds. The Morgan fingerprint density at radius 2 is 2.09 bits per heavy atom. The van der Waals surface area contributed by atoms with Gasteiger partial charge in [0.15, 0.2) is 0 Å². The van der Waals surface area contributed by atoms with Gasteiger partial charge in [-0.3, -0.25) is 0 Å². The maximum atomic E-state index is 13.4. The van der Waals surface area contributed by atoms with Crippen LogP contribution in [0.5, 0.6) is 0 Å². The third kappa shape index (κ3) is 5.64. The molecule has 1 aliphatic rings. The Morgan fingerprint density at radius 3 is 2.86 bits per heavy atom. The molecule has 4 nitrogen and oxygen atoms in total. The first kappa shape index (κ1) is 16.7. The lowest BCUT2D eigenvalue weighted by molar-refractivity contribution is 0.184. The number of likely N-dealkylation sites (tertiary alicyclic amines) is 1. The lowest BCUT2D eigenvalue weighted by Gasteiger charge is -2.30. The summed E-state index contributed by atoms with van der Waals surface area (Å²) in [6.45, 7) is 6.50. The smallest absolute Gasteiger partial charge is 0.314 e. The highest BCUT2D eigenvalue weighted by Crippen LogP contribution is 2.14. The molecule has 1 heterocycles. The van der Waals surface area contributed by atoms with Crippen LogP contribution in [0.3, 0.4) is 0 Å². The van der Waals surface area contributed by atoms with Gasteiger partial charge in [-0.2, -0.15) is 0 Å². The van der Waals surface area contributed by atoms with Gasteiger partial charge in [-0.05, 0) is 43.4 Å². The topological polar surface area (TPSA) is 44.4 Å². The second-order valence-electron chi connectivity index (χ2n) is 6.07. The Morgan fingerprint density at radius 1 is 1.32 bits per heavy atom. The summed E-state index contributed by atoms with van der Waals surface area (Å²) in [5, 5.41) is 5.63. The molecule has 22 heavy (non-hydrogen) atoms. The van der Waals surface area contributed by atoms with Crippen molar-refractivity contribution in [2.75, 3.05) is 32.7 Å². The van der Waals surface area contributed by atoms with E-state index in [0.717, 1.165) is 25.6 Å². The monoisotopic (exact) mass is 307 g/mol. The van der Waals surface area contributed by atoms with Crippen LogP contribution in [0.25, 0.3) is 0 Å². The van der Waals surface area contributed by atoms with Gasteiger partial charge in [0, 0.05) is 26.2 Å². The maximum Gasteiger partial charge on any atom is 0.314 e. The van der Waals surface area contributed by atoms with E-state index >= 15 is 0 Å². The van der Waals surface area contributed by atoms with Crippen LogP contribution in [0.4, 0.5) is 9.18 Å². The van der Waals surface area contributed by atoms with Gasteiger partial charge in [-0.15, -0.1) is 0 Å². The van der Waals surface area contributed by atoms with Crippen LogP contribution >= 0.6 is 0 Å². The number of rotatable bonds is 6. The Kier molecular flexibility index (Phi) is 6.65. The quantitative estimate of drug-likeness (QED) is 0.847. The third-order valence-electron chi connectivity index (χ3n) is 4.09. The lowest BCUT2D eigenvalue weighted by atomic mass is 10.0. The zero-order chi connectivity index (χ0) is 15.8. The van der Waals surface area contributed by atoms with Gasteiger partial charge in [-0.1, -0.05) is 25.1 Å². The first-order valence-electron chi connectivity index (χ1n) is 8.12. The Bertz CT molecular complexity index is 481. The van der Waals surface area contributed by atoms with E-state index in [1.165, 1.54) is 18.9 Å². The summed E-state index contributed by atoms with van der Waals surface area (Å²) in [4.78, 5) is 14.1. The second-order valence-corrected chi connectivity index (χ2v) is 6.07. The van der Waals surface area contributed by atoms with Gasteiger partial charge in [-0.25, -0.2) is 9.18 Å². The van der Waals surface area contributed by atoms with Crippen LogP contribution in [-0.4, -0.2) is 43.7 Å². The van der Waals surface area contributed by atoms with Gasteiger partial charge in [0.1, 0.15) is 5.82 Å². The molecule has 0 spiro atoms.